The predicted octanol–water partition coefficient (Wildman–Crippen LogP) is 3.64. The van der Waals surface area contributed by atoms with Crippen molar-refractivity contribution < 1.29 is 9.50 Å². The molecule has 5 aliphatic rings. The van der Waals surface area contributed by atoms with E-state index in [4.69, 9.17) is 0 Å². The molecule has 4 heterocycles. The van der Waals surface area contributed by atoms with E-state index in [9.17, 15) is 10.4 Å². The number of halogens is 1. The van der Waals surface area contributed by atoms with Crippen molar-refractivity contribution in [3.8, 4) is 11.9 Å². The highest BCUT2D eigenvalue weighted by Crippen LogP contribution is 2.78. The lowest BCUT2D eigenvalue weighted by Gasteiger charge is -2.45. The second-order valence-electron chi connectivity index (χ2n) is 11.2. The van der Waals surface area contributed by atoms with Gasteiger partial charge in [-0.3, -0.25) is 0 Å². The van der Waals surface area contributed by atoms with E-state index in [-0.39, 0.29) is 16.6 Å². The van der Waals surface area contributed by atoms with E-state index < -0.39 is 11.0 Å². The second-order valence-corrected chi connectivity index (χ2v) is 11.2. The lowest BCUT2D eigenvalue weighted by Crippen LogP contribution is -2.50. The molecule has 1 unspecified atom stereocenters. The molecule has 168 valence electrons. The van der Waals surface area contributed by atoms with Crippen molar-refractivity contribution in [3.05, 3.63) is 42.1 Å². The van der Waals surface area contributed by atoms with E-state index in [0.29, 0.717) is 22.8 Å². The van der Waals surface area contributed by atoms with Gasteiger partial charge in [-0.25, -0.2) is 19.0 Å². The summed E-state index contributed by atoms with van der Waals surface area (Å²) in [6.45, 7) is 4.53. The summed E-state index contributed by atoms with van der Waals surface area (Å²) in [6.07, 6.45) is 7.83. The Morgan fingerprint density at radius 2 is 1.94 bits per heavy atom. The number of aliphatic hydroxyl groups is 1. The minimum Gasteiger partial charge on any atom is -0.390 e. The molecule has 7 nitrogen and oxygen atoms in total. The van der Waals surface area contributed by atoms with E-state index in [1.807, 2.05) is 26.0 Å². The van der Waals surface area contributed by atoms with Gasteiger partial charge >= 0.3 is 0 Å². The first-order valence-corrected chi connectivity index (χ1v) is 11.6. The van der Waals surface area contributed by atoms with Crippen LogP contribution in [0.25, 0.3) is 16.7 Å². The quantitative estimate of drug-likeness (QED) is 0.661. The molecule has 0 radical (unpaired) electrons. The fraction of sp³-hybridized carbons (Fsp3) is 0.520. The SMILES string of the molecule is CC(C)(O)C12CC(C1)N(c1cc(-n3ncc4c(F)cc(C5(C#N)CC56CC6)cc43)ncn1)C2. The van der Waals surface area contributed by atoms with Gasteiger partial charge in [0.2, 0.25) is 0 Å². The molecule has 8 rings (SSSR count). The van der Waals surface area contributed by atoms with E-state index in [0.717, 1.165) is 50.0 Å². The van der Waals surface area contributed by atoms with Crippen LogP contribution >= 0.6 is 0 Å². The smallest absolute Gasteiger partial charge is 0.159 e. The summed E-state index contributed by atoms with van der Waals surface area (Å²) < 4.78 is 16.7. The number of nitriles is 1. The number of fused-ring (bicyclic) bond motifs is 2. The fourth-order valence-corrected chi connectivity index (χ4v) is 6.58. The third-order valence-electron chi connectivity index (χ3n) is 9.17. The molecule has 1 atom stereocenters. The van der Waals surface area contributed by atoms with Crippen molar-refractivity contribution in [2.45, 2.75) is 63.0 Å². The molecule has 2 aromatic heterocycles. The summed E-state index contributed by atoms with van der Waals surface area (Å²) in [6, 6.07) is 8.16. The summed E-state index contributed by atoms with van der Waals surface area (Å²) in [5, 5.41) is 25.4. The molecule has 0 amide bonds. The van der Waals surface area contributed by atoms with Crippen molar-refractivity contribution in [2.24, 2.45) is 10.8 Å². The highest BCUT2D eigenvalue weighted by molar-refractivity contribution is 5.82. The van der Waals surface area contributed by atoms with E-state index in [2.05, 4.69) is 26.0 Å². The first-order valence-electron chi connectivity index (χ1n) is 11.6. The summed E-state index contributed by atoms with van der Waals surface area (Å²) >= 11 is 0. The van der Waals surface area contributed by atoms with Crippen molar-refractivity contribution >= 4 is 16.7 Å². The van der Waals surface area contributed by atoms with Crippen LogP contribution in [0.5, 0.6) is 0 Å². The Kier molecular flexibility index (Phi) is 3.36. The largest absolute Gasteiger partial charge is 0.390 e. The minimum atomic E-state index is -0.737. The number of anilines is 1. The topological polar surface area (TPSA) is 90.9 Å². The molecular formula is C25H25FN6O. The summed E-state index contributed by atoms with van der Waals surface area (Å²) in [5.74, 6) is 1.00. The zero-order valence-electron chi connectivity index (χ0n) is 18.7. The number of benzene rings is 1. The summed E-state index contributed by atoms with van der Waals surface area (Å²) in [5.41, 5.74) is 0.00574. The second kappa shape index (κ2) is 5.71. The number of nitrogens with zero attached hydrogens (tertiary/aromatic N) is 6. The molecule has 1 N–H and O–H groups in total. The maximum absolute atomic E-state index is 15.1. The standard InChI is InChI=1S/C25H25FN6O/c1-22(2,33)24-8-16(9-24)31(13-24)20-7-21(29-14-28-20)32-19-6-15(5-18(26)17(19)10-30-32)25(12-27)11-23(25)3-4-23/h5-7,10,14,16,33H,3-4,8-9,11,13H2,1-2H3. The molecule has 2 aliphatic heterocycles. The Morgan fingerprint density at radius 1 is 1.18 bits per heavy atom. The van der Waals surface area contributed by atoms with Crippen molar-refractivity contribution in [1.82, 2.24) is 19.7 Å². The third kappa shape index (κ3) is 2.33. The van der Waals surface area contributed by atoms with Gasteiger partial charge in [0.15, 0.2) is 5.82 Å². The molecule has 3 saturated carbocycles. The maximum Gasteiger partial charge on any atom is 0.159 e. The van der Waals surface area contributed by atoms with Gasteiger partial charge in [-0.1, -0.05) is 0 Å². The number of hydrogen-bond acceptors (Lipinski definition) is 6. The molecule has 3 aromatic rings. The van der Waals surface area contributed by atoms with Crippen LogP contribution in [-0.4, -0.2) is 43.0 Å². The van der Waals surface area contributed by atoms with Gasteiger partial charge in [0.1, 0.15) is 18.0 Å². The van der Waals surface area contributed by atoms with Crippen molar-refractivity contribution in [3.63, 3.8) is 0 Å². The highest BCUT2D eigenvalue weighted by Gasteiger charge is 2.75. The van der Waals surface area contributed by atoms with Gasteiger partial charge < -0.3 is 10.0 Å². The van der Waals surface area contributed by atoms with Crippen LogP contribution in [0.2, 0.25) is 0 Å². The first-order chi connectivity index (χ1) is 15.7. The average Bonchev–Trinajstić information content (AvgIpc) is 3.44. The number of rotatable bonds is 4. The normalized spacial score (nSPS) is 31.0. The average molecular weight is 445 g/mol. The zero-order chi connectivity index (χ0) is 22.8. The molecular weight excluding hydrogens is 419 g/mol. The van der Waals surface area contributed by atoms with Gasteiger partial charge in [-0.05, 0) is 69.1 Å². The van der Waals surface area contributed by atoms with Gasteiger partial charge in [0, 0.05) is 24.1 Å². The Bertz CT molecular complexity index is 1370. The van der Waals surface area contributed by atoms with E-state index in [1.54, 1.807) is 4.68 Å². The van der Waals surface area contributed by atoms with Crippen LogP contribution in [0, 0.1) is 28.0 Å². The molecule has 1 aromatic carbocycles. The Hall–Kier alpha value is -3.05. The van der Waals surface area contributed by atoms with Crippen LogP contribution < -0.4 is 4.90 Å². The third-order valence-corrected chi connectivity index (χ3v) is 9.17. The molecule has 3 aliphatic carbocycles. The lowest BCUT2D eigenvalue weighted by atomic mass is 9.61. The van der Waals surface area contributed by atoms with E-state index >= 15 is 4.39 Å². The lowest BCUT2D eigenvalue weighted by molar-refractivity contribution is -0.0754. The highest BCUT2D eigenvalue weighted by atomic mass is 19.1. The van der Waals surface area contributed by atoms with Gasteiger partial charge in [-0.2, -0.15) is 10.4 Å². The molecule has 2 saturated heterocycles. The molecule has 2 bridgehead atoms. The molecule has 5 fully saturated rings. The monoisotopic (exact) mass is 444 g/mol. The van der Waals surface area contributed by atoms with Gasteiger partial charge in [0.25, 0.3) is 0 Å². The Labute approximate surface area is 190 Å². The molecule has 1 spiro atoms. The summed E-state index contributed by atoms with van der Waals surface area (Å²) in [7, 11) is 0. The van der Waals surface area contributed by atoms with Gasteiger partial charge in [-0.15, -0.1) is 0 Å². The van der Waals surface area contributed by atoms with E-state index in [1.165, 1.54) is 18.6 Å². The first kappa shape index (κ1) is 19.4. The predicted molar refractivity (Wildman–Crippen MR) is 119 cm³/mol. The van der Waals surface area contributed by atoms with Crippen LogP contribution in [0.15, 0.2) is 30.7 Å². The fourth-order valence-electron chi connectivity index (χ4n) is 6.58. The van der Waals surface area contributed by atoms with Crippen molar-refractivity contribution in [2.75, 3.05) is 11.4 Å². The summed E-state index contributed by atoms with van der Waals surface area (Å²) in [4.78, 5) is 11.2. The Morgan fingerprint density at radius 3 is 2.58 bits per heavy atom. The van der Waals surface area contributed by atoms with Crippen molar-refractivity contribution in [1.29, 1.82) is 5.26 Å². The Balaban J connectivity index is 1.28. The maximum atomic E-state index is 15.1. The molecule has 8 heteroatoms. The number of hydrogen-bond donors (Lipinski definition) is 1. The van der Waals surface area contributed by atoms with Crippen LogP contribution in [0.1, 0.15) is 51.5 Å². The zero-order valence-corrected chi connectivity index (χ0v) is 18.7. The number of aromatic nitrogens is 4. The van der Waals surface area contributed by atoms with Gasteiger partial charge in [0.05, 0.1) is 34.2 Å². The van der Waals surface area contributed by atoms with Crippen LogP contribution in [-0.2, 0) is 5.41 Å². The van der Waals surface area contributed by atoms with Crippen LogP contribution in [0.3, 0.4) is 0 Å². The minimum absolute atomic E-state index is 0.0573. The molecule has 33 heavy (non-hydrogen) atoms. The van der Waals surface area contributed by atoms with Crippen LogP contribution in [0.4, 0.5) is 10.2 Å².